The maximum atomic E-state index is 11.2. The van der Waals surface area contributed by atoms with Crippen LogP contribution in [0.15, 0.2) is 18.2 Å². The second kappa shape index (κ2) is 6.12. The van der Waals surface area contributed by atoms with Gasteiger partial charge in [-0.05, 0) is 25.5 Å². The number of para-hydroxylation sites is 1. The van der Waals surface area contributed by atoms with Crippen LogP contribution in [0.1, 0.15) is 18.1 Å². The highest BCUT2D eigenvalue weighted by atomic mass is 32.2. The van der Waals surface area contributed by atoms with Crippen LogP contribution in [-0.2, 0) is 10.8 Å². The van der Waals surface area contributed by atoms with Crippen LogP contribution in [0.3, 0.4) is 0 Å². The van der Waals surface area contributed by atoms with Gasteiger partial charge in [0.25, 0.3) is 0 Å². The van der Waals surface area contributed by atoms with Gasteiger partial charge in [0.15, 0.2) is 0 Å². The van der Waals surface area contributed by atoms with Gasteiger partial charge < -0.3 is 11.1 Å². The number of nitrogens with two attached hydrogens (primary N) is 1. The molecule has 1 aromatic carbocycles. The summed E-state index contributed by atoms with van der Waals surface area (Å²) in [7, 11) is -0.820. The first-order valence-corrected chi connectivity index (χ1v) is 7.51. The smallest absolute Gasteiger partial charge is 0.106 e. The molecule has 94 valence electrons. The molecule has 1 rings (SSSR count). The van der Waals surface area contributed by atoms with Crippen molar-refractivity contribution in [3.8, 4) is 0 Å². The highest BCUT2D eigenvalue weighted by molar-refractivity contribution is 7.84. The number of nitrogens with one attached hydrogen (secondary N) is 1. The fourth-order valence-electron chi connectivity index (χ4n) is 1.70. The maximum absolute atomic E-state index is 11.2. The van der Waals surface area contributed by atoms with Crippen LogP contribution in [0.5, 0.6) is 0 Å². The van der Waals surface area contributed by atoms with Gasteiger partial charge in [-0.25, -0.2) is 0 Å². The lowest BCUT2D eigenvalue weighted by Gasteiger charge is -2.19. The Labute approximate surface area is 110 Å². The zero-order chi connectivity index (χ0) is 13.0. The third-order valence-electron chi connectivity index (χ3n) is 2.41. The van der Waals surface area contributed by atoms with Gasteiger partial charge >= 0.3 is 0 Å². The van der Waals surface area contributed by atoms with Crippen LogP contribution in [0.4, 0.5) is 5.69 Å². The molecule has 0 aromatic heterocycles. The molecule has 0 amide bonds. The molecule has 0 aliphatic carbocycles. The number of benzene rings is 1. The molecule has 0 aliphatic heterocycles. The Hall–Kier alpha value is -0.940. The number of rotatable bonds is 5. The molecule has 2 unspecified atom stereocenters. The molecule has 2 atom stereocenters. The molecule has 0 fully saturated rings. The minimum atomic E-state index is -0.820. The standard InChI is InChI=1S/C12H18N2OS2/c1-8-5-4-6-10(12(13)16)11(8)14-9(2)7-17(3)15/h4-6,9,14H,7H2,1-3H3,(H2,13,16). The Morgan fingerprint density at radius 1 is 1.59 bits per heavy atom. The maximum Gasteiger partial charge on any atom is 0.106 e. The lowest BCUT2D eigenvalue weighted by atomic mass is 10.1. The molecule has 0 saturated heterocycles. The number of thiocarbonyl (C=S) groups is 1. The minimum Gasteiger partial charge on any atom is -0.389 e. The van der Waals surface area contributed by atoms with E-state index in [1.165, 1.54) is 0 Å². The lowest BCUT2D eigenvalue weighted by molar-refractivity contribution is 0.683. The van der Waals surface area contributed by atoms with E-state index in [4.69, 9.17) is 18.0 Å². The average molecular weight is 270 g/mol. The molecule has 0 bridgehead atoms. The van der Waals surface area contributed by atoms with Gasteiger partial charge in [0.2, 0.25) is 0 Å². The number of aryl methyl sites for hydroxylation is 1. The molecular formula is C12H18N2OS2. The Morgan fingerprint density at radius 2 is 2.24 bits per heavy atom. The van der Waals surface area contributed by atoms with Crippen molar-refractivity contribution in [2.75, 3.05) is 17.3 Å². The third-order valence-corrected chi connectivity index (χ3v) is 3.60. The van der Waals surface area contributed by atoms with E-state index in [1.54, 1.807) is 6.26 Å². The Kier molecular flexibility index (Phi) is 5.08. The Balaban J connectivity index is 2.96. The molecule has 5 heteroatoms. The highest BCUT2D eigenvalue weighted by Gasteiger charge is 2.11. The molecule has 1 aromatic rings. The van der Waals surface area contributed by atoms with Crippen molar-refractivity contribution in [2.45, 2.75) is 19.9 Å². The topological polar surface area (TPSA) is 55.1 Å². The number of hydrogen-bond acceptors (Lipinski definition) is 3. The Bertz CT molecular complexity index is 446. The van der Waals surface area contributed by atoms with Crippen LogP contribution in [0.2, 0.25) is 0 Å². The third kappa shape index (κ3) is 4.09. The molecule has 0 heterocycles. The zero-order valence-corrected chi connectivity index (χ0v) is 12.0. The van der Waals surface area contributed by atoms with Gasteiger partial charge in [-0.15, -0.1) is 0 Å². The zero-order valence-electron chi connectivity index (χ0n) is 10.3. The van der Waals surface area contributed by atoms with E-state index in [-0.39, 0.29) is 6.04 Å². The van der Waals surface area contributed by atoms with E-state index in [2.05, 4.69) is 5.32 Å². The van der Waals surface area contributed by atoms with Crippen LogP contribution in [0, 0.1) is 6.92 Å². The summed E-state index contributed by atoms with van der Waals surface area (Å²) in [5.41, 5.74) is 8.56. The lowest BCUT2D eigenvalue weighted by Crippen LogP contribution is -2.25. The summed E-state index contributed by atoms with van der Waals surface area (Å²) in [4.78, 5) is 0.376. The van der Waals surface area contributed by atoms with Crippen molar-refractivity contribution in [1.82, 2.24) is 0 Å². The van der Waals surface area contributed by atoms with Crippen molar-refractivity contribution in [1.29, 1.82) is 0 Å². The van der Waals surface area contributed by atoms with Gasteiger partial charge in [0.1, 0.15) is 4.99 Å². The van der Waals surface area contributed by atoms with Crippen molar-refractivity contribution in [2.24, 2.45) is 5.73 Å². The molecule has 0 aliphatic rings. The van der Waals surface area contributed by atoms with E-state index in [0.717, 1.165) is 16.8 Å². The summed E-state index contributed by atoms with van der Waals surface area (Å²) in [5, 5.41) is 3.33. The fourth-order valence-corrected chi connectivity index (χ4v) is 2.66. The fraction of sp³-hybridized carbons (Fsp3) is 0.417. The summed E-state index contributed by atoms with van der Waals surface area (Å²) in [6.07, 6.45) is 1.70. The van der Waals surface area contributed by atoms with Gasteiger partial charge in [-0.1, -0.05) is 24.4 Å². The normalized spacial score (nSPS) is 14.1. The SMILES string of the molecule is Cc1cccc(C(N)=S)c1NC(C)CS(C)=O. The summed E-state index contributed by atoms with van der Waals surface area (Å²) in [6.45, 7) is 4.00. The summed E-state index contributed by atoms with van der Waals surface area (Å²) < 4.78 is 11.2. The van der Waals surface area contributed by atoms with E-state index in [9.17, 15) is 4.21 Å². The van der Waals surface area contributed by atoms with Crippen LogP contribution < -0.4 is 11.1 Å². The van der Waals surface area contributed by atoms with Crippen molar-refractivity contribution in [3.63, 3.8) is 0 Å². The molecule has 0 radical (unpaired) electrons. The molecular weight excluding hydrogens is 252 g/mol. The predicted molar refractivity (Wildman–Crippen MR) is 79.1 cm³/mol. The summed E-state index contributed by atoms with van der Waals surface area (Å²) >= 11 is 5.03. The van der Waals surface area contributed by atoms with Crippen molar-refractivity contribution >= 4 is 33.7 Å². The van der Waals surface area contributed by atoms with Crippen molar-refractivity contribution < 1.29 is 4.21 Å². The molecule has 0 spiro atoms. The second-order valence-electron chi connectivity index (χ2n) is 4.15. The molecule has 17 heavy (non-hydrogen) atoms. The van der Waals surface area contributed by atoms with Gasteiger partial charge in [0, 0.05) is 40.1 Å². The van der Waals surface area contributed by atoms with E-state index < -0.39 is 10.8 Å². The Morgan fingerprint density at radius 3 is 2.76 bits per heavy atom. The monoisotopic (exact) mass is 270 g/mol. The van der Waals surface area contributed by atoms with Crippen molar-refractivity contribution in [3.05, 3.63) is 29.3 Å². The number of hydrogen-bond donors (Lipinski definition) is 2. The van der Waals surface area contributed by atoms with Crippen LogP contribution in [0.25, 0.3) is 0 Å². The minimum absolute atomic E-state index is 0.120. The molecule has 3 nitrogen and oxygen atoms in total. The first-order valence-electron chi connectivity index (χ1n) is 5.37. The number of anilines is 1. The van der Waals surface area contributed by atoms with Gasteiger partial charge in [-0.3, -0.25) is 4.21 Å². The van der Waals surface area contributed by atoms with Gasteiger partial charge in [-0.2, -0.15) is 0 Å². The average Bonchev–Trinajstić information content (AvgIpc) is 2.19. The molecule has 3 N–H and O–H groups in total. The largest absolute Gasteiger partial charge is 0.389 e. The predicted octanol–water partition coefficient (Wildman–Crippen LogP) is 1.81. The first kappa shape index (κ1) is 14.1. The van der Waals surface area contributed by atoms with E-state index >= 15 is 0 Å². The summed E-state index contributed by atoms with van der Waals surface area (Å²) in [6, 6.07) is 5.94. The molecule has 0 saturated carbocycles. The van der Waals surface area contributed by atoms with Crippen LogP contribution in [-0.4, -0.2) is 27.2 Å². The summed E-state index contributed by atoms with van der Waals surface area (Å²) in [5.74, 6) is 0.602. The first-order chi connectivity index (χ1) is 7.91. The van der Waals surface area contributed by atoms with Crippen LogP contribution >= 0.6 is 12.2 Å². The quantitative estimate of drug-likeness (QED) is 0.801. The van der Waals surface area contributed by atoms with Gasteiger partial charge in [0.05, 0.1) is 0 Å². The van der Waals surface area contributed by atoms with E-state index in [1.807, 2.05) is 32.0 Å². The van der Waals surface area contributed by atoms with E-state index in [0.29, 0.717) is 10.7 Å². The highest BCUT2D eigenvalue weighted by Crippen LogP contribution is 2.21. The second-order valence-corrected chi connectivity index (χ2v) is 6.07.